The summed E-state index contributed by atoms with van der Waals surface area (Å²) in [6, 6.07) is 12.4. The van der Waals surface area contributed by atoms with Crippen LogP contribution in [0, 0.1) is 11.6 Å². The van der Waals surface area contributed by atoms with E-state index in [-0.39, 0.29) is 24.6 Å². The van der Waals surface area contributed by atoms with E-state index in [1.807, 2.05) is 29.6 Å². The fourth-order valence-corrected chi connectivity index (χ4v) is 4.82. The van der Waals surface area contributed by atoms with Crippen molar-refractivity contribution in [1.29, 1.82) is 0 Å². The Morgan fingerprint density at radius 1 is 1.03 bits per heavy atom. The zero-order chi connectivity index (χ0) is 23.4. The predicted molar refractivity (Wildman–Crippen MR) is 126 cm³/mol. The van der Waals surface area contributed by atoms with E-state index >= 15 is 0 Å². The molecule has 1 amide bonds. The van der Waals surface area contributed by atoms with Crippen LogP contribution in [0.4, 0.5) is 14.5 Å². The number of carbonyl (C=O) groups excluding carboxylic acids is 1. The van der Waals surface area contributed by atoms with Gasteiger partial charge in [0.15, 0.2) is 11.5 Å². The van der Waals surface area contributed by atoms with E-state index in [0.717, 1.165) is 27.6 Å². The maximum Gasteiger partial charge on any atom is 0.233 e. The summed E-state index contributed by atoms with van der Waals surface area (Å²) in [5.74, 6) is -0.628. The van der Waals surface area contributed by atoms with Crippen molar-refractivity contribution in [3.63, 3.8) is 0 Å². The third-order valence-electron chi connectivity index (χ3n) is 4.91. The van der Waals surface area contributed by atoms with Crippen molar-refractivity contribution in [2.75, 3.05) is 19.1 Å². The molecule has 0 saturated carbocycles. The Balaban J connectivity index is 1.58. The molecule has 4 aromatic rings. The van der Waals surface area contributed by atoms with Gasteiger partial charge >= 0.3 is 0 Å². The molecule has 0 spiro atoms. The summed E-state index contributed by atoms with van der Waals surface area (Å²) in [4.78, 5) is 20.0. The molecule has 2 aromatic heterocycles. The third kappa shape index (κ3) is 5.20. The Bertz CT molecular complexity index is 1260. The van der Waals surface area contributed by atoms with Crippen molar-refractivity contribution in [1.82, 2.24) is 4.98 Å². The number of ether oxygens (including phenoxy) is 2. The number of hydrogen-bond acceptors (Lipinski definition) is 6. The van der Waals surface area contributed by atoms with Crippen molar-refractivity contribution in [2.24, 2.45) is 0 Å². The molecule has 0 aliphatic heterocycles. The maximum absolute atomic E-state index is 14.5. The Kier molecular flexibility index (Phi) is 7.00. The highest BCUT2D eigenvalue weighted by Gasteiger charge is 2.22. The molecule has 0 aliphatic carbocycles. The molecular formula is C24H20F2N2O3S2. The first kappa shape index (κ1) is 22.9. The fraction of sp³-hybridized carbons (Fsp3) is 0.167. The summed E-state index contributed by atoms with van der Waals surface area (Å²) >= 11 is 2.86. The van der Waals surface area contributed by atoms with Gasteiger partial charge in [0.05, 0.1) is 38.6 Å². The molecule has 0 aliphatic rings. The number of aromatic nitrogens is 1. The minimum atomic E-state index is -0.788. The molecule has 5 nitrogen and oxygen atoms in total. The van der Waals surface area contributed by atoms with Crippen LogP contribution >= 0.6 is 22.7 Å². The summed E-state index contributed by atoms with van der Waals surface area (Å²) in [5, 5.41) is 4.40. The molecule has 9 heteroatoms. The molecule has 0 unspecified atom stereocenters. The smallest absolute Gasteiger partial charge is 0.233 e. The molecule has 0 fully saturated rings. The van der Waals surface area contributed by atoms with Crippen LogP contribution in [0.2, 0.25) is 0 Å². The zero-order valence-electron chi connectivity index (χ0n) is 17.9. The van der Waals surface area contributed by atoms with Crippen LogP contribution < -0.4 is 14.4 Å². The fourth-order valence-electron chi connectivity index (χ4n) is 3.31. The van der Waals surface area contributed by atoms with E-state index in [0.29, 0.717) is 17.2 Å². The molecule has 170 valence electrons. The summed E-state index contributed by atoms with van der Waals surface area (Å²) in [5.41, 5.74) is 1.43. The van der Waals surface area contributed by atoms with Crippen molar-refractivity contribution in [3.8, 4) is 22.1 Å². The van der Waals surface area contributed by atoms with E-state index in [2.05, 4.69) is 4.98 Å². The van der Waals surface area contributed by atoms with Gasteiger partial charge in [0.2, 0.25) is 5.91 Å². The molecule has 2 aromatic carbocycles. The number of methoxy groups -OCH3 is 2. The van der Waals surface area contributed by atoms with Gasteiger partial charge in [0.25, 0.3) is 0 Å². The zero-order valence-corrected chi connectivity index (χ0v) is 19.5. The van der Waals surface area contributed by atoms with E-state index in [4.69, 9.17) is 9.47 Å². The third-order valence-corrected chi connectivity index (χ3v) is 6.71. The lowest BCUT2D eigenvalue weighted by Crippen LogP contribution is -2.32. The summed E-state index contributed by atoms with van der Waals surface area (Å²) in [6.07, 6.45) is -0.0218. The van der Waals surface area contributed by atoms with Gasteiger partial charge in [-0.1, -0.05) is 6.07 Å². The molecule has 4 rings (SSSR count). The minimum Gasteiger partial charge on any atom is -0.493 e. The highest BCUT2D eigenvalue weighted by atomic mass is 32.1. The number of nitrogens with zero attached hydrogens (tertiary/aromatic N) is 2. The Hall–Kier alpha value is -3.30. The molecule has 0 radical (unpaired) electrons. The van der Waals surface area contributed by atoms with Gasteiger partial charge in [0, 0.05) is 21.9 Å². The van der Waals surface area contributed by atoms with E-state index < -0.39 is 11.6 Å². The van der Waals surface area contributed by atoms with E-state index in [1.165, 1.54) is 33.6 Å². The molecular weight excluding hydrogens is 466 g/mol. The highest BCUT2D eigenvalue weighted by molar-refractivity contribution is 7.13. The number of thiophene rings is 1. The SMILES string of the molecule is COc1ccc(-c2nc(CC(=O)N(Cc3cccs3)c3ccc(F)cc3F)cs2)cc1OC. The summed E-state index contributed by atoms with van der Waals surface area (Å²) < 4.78 is 38.6. The van der Waals surface area contributed by atoms with Crippen LogP contribution in [0.5, 0.6) is 11.5 Å². The Morgan fingerprint density at radius 3 is 2.55 bits per heavy atom. The number of carbonyl (C=O) groups is 1. The number of amides is 1. The molecule has 33 heavy (non-hydrogen) atoms. The monoisotopic (exact) mass is 486 g/mol. The van der Waals surface area contributed by atoms with Crippen molar-refractivity contribution in [2.45, 2.75) is 13.0 Å². The average Bonchev–Trinajstić information content (AvgIpc) is 3.49. The molecule has 0 saturated heterocycles. The summed E-state index contributed by atoms with van der Waals surface area (Å²) in [6.45, 7) is 0.186. The van der Waals surface area contributed by atoms with Crippen LogP contribution in [0.25, 0.3) is 10.6 Å². The maximum atomic E-state index is 14.5. The number of hydrogen-bond donors (Lipinski definition) is 0. The lowest BCUT2D eigenvalue weighted by Gasteiger charge is -2.22. The number of benzene rings is 2. The normalized spacial score (nSPS) is 10.8. The van der Waals surface area contributed by atoms with Crippen LogP contribution in [0.3, 0.4) is 0 Å². The molecule has 0 N–H and O–H groups in total. The van der Waals surface area contributed by atoms with Gasteiger partial charge in [-0.05, 0) is 41.8 Å². The van der Waals surface area contributed by atoms with Crippen LogP contribution in [0.15, 0.2) is 59.3 Å². The number of thiazole rings is 1. The lowest BCUT2D eigenvalue weighted by atomic mass is 10.2. The van der Waals surface area contributed by atoms with Gasteiger partial charge in [-0.3, -0.25) is 4.79 Å². The van der Waals surface area contributed by atoms with Crippen LogP contribution in [-0.4, -0.2) is 25.1 Å². The van der Waals surface area contributed by atoms with Gasteiger partial charge in [-0.2, -0.15) is 0 Å². The molecule has 0 bridgehead atoms. The van der Waals surface area contributed by atoms with E-state index in [9.17, 15) is 13.6 Å². The van der Waals surface area contributed by atoms with Crippen molar-refractivity contribution >= 4 is 34.3 Å². The quantitative estimate of drug-likeness (QED) is 0.309. The lowest BCUT2D eigenvalue weighted by molar-refractivity contribution is -0.118. The number of anilines is 1. The van der Waals surface area contributed by atoms with Gasteiger partial charge in [0.1, 0.15) is 16.6 Å². The van der Waals surface area contributed by atoms with Gasteiger partial charge in [-0.15, -0.1) is 22.7 Å². The second kappa shape index (κ2) is 10.1. The second-order valence-corrected chi connectivity index (χ2v) is 8.94. The first-order valence-corrected chi connectivity index (χ1v) is 11.7. The number of rotatable bonds is 8. The van der Waals surface area contributed by atoms with Crippen molar-refractivity contribution < 1.29 is 23.0 Å². The van der Waals surface area contributed by atoms with Crippen molar-refractivity contribution in [3.05, 3.63) is 81.5 Å². The van der Waals surface area contributed by atoms with E-state index in [1.54, 1.807) is 25.7 Å². The second-order valence-electron chi connectivity index (χ2n) is 7.05. The average molecular weight is 487 g/mol. The topological polar surface area (TPSA) is 51.7 Å². The Labute approximate surface area is 197 Å². The molecule has 0 atom stereocenters. The van der Waals surface area contributed by atoms with Gasteiger partial charge in [-0.25, -0.2) is 13.8 Å². The first-order valence-electron chi connectivity index (χ1n) is 9.93. The standard InChI is InChI=1S/C24H20F2N2O3S2/c1-30-21-8-5-15(10-22(21)31-2)24-27-17(14-33-24)12-23(29)28(13-18-4-3-9-32-18)20-7-6-16(25)11-19(20)26/h3-11,14H,12-13H2,1-2H3. The summed E-state index contributed by atoms with van der Waals surface area (Å²) in [7, 11) is 3.13. The van der Waals surface area contributed by atoms with Crippen LogP contribution in [0.1, 0.15) is 10.6 Å². The number of halogens is 2. The predicted octanol–water partition coefficient (Wildman–Crippen LogP) is 5.94. The largest absolute Gasteiger partial charge is 0.493 e. The first-order chi connectivity index (χ1) is 16.0. The Morgan fingerprint density at radius 2 is 1.85 bits per heavy atom. The minimum absolute atomic E-state index is 0.0218. The van der Waals surface area contributed by atoms with Crippen LogP contribution in [-0.2, 0) is 17.8 Å². The highest BCUT2D eigenvalue weighted by Crippen LogP contribution is 2.34. The molecule has 2 heterocycles. The van der Waals surface area contributed by atoms with Gasteiger partial charge < -0.3 is 14.4 Å².